The highest BCUT2D eigenvalue weighted by atomic mass is 16.5. The van der Waals surface area contributed by atoms with E-state index in [0.29, 0.717) is 23.0 Å². The molecule has 0 radical (unpaired) electrons. The van der Waals surface area contributed by atoms with Crippen LogP contribution in [0.15, 0.2) is 28.8 Å². The minimum absolute atomic E-state index is 0.285. The SMILES string of the molecule is CC1(C)CCC(c2ccccc2-c2noc(CN)n2)CC1. The number of hydrogen-bond donors (Lipinski definition) is 1. The molecule has 0 unspecified atom stereocenters. The number of benzene rings is 1. The monoisotopic (exact) mass is 285 g/mol. The first-order valence-electron chi connectivity index (χ1n) is 7.71. The molecule has 2 aromatic rings. The molecule has 112 valence electrons. The van der Waals surface area contributed by atoms with Gasteiger partial charge in [0.15, 0.2) is 0 Å². The van der Waals surface area contributed by atoms with Gasteiger partial charge in [0.2, 0.25) is 11.7 Å². The van der Waals surface area contributed by atoms with Crippen molar-refractivity contribution in [2.45, 2.75) is 52.0 Å². The highest BCUT2D eigenvalue weighted by molar-refractivity contribution is 5.60. The second-order valence-electron chi connectivity index (χ2n) is 6.74. The zero-order valence-corrected chi connectivity index (χ0v) is 12.8. The van der Waals surface area contributed by atoms with Gasteiger partial charge in [-0.25, -0.2) is 0 Å². The molecule has 1 aliphatic carbocycles. The van der Waals surface area contributed by atoms with Crippen LogP contribution in [0.2, 0.25) is 0 Å². The van der Waals surface area contributed by atoms with Crippen molar-refractivity contribution >= 4 is 0 Å². The van der Waals surface area contributed by atoms with Crippen molar-refractivity contribution in [1.82, 2.24) is 10.1 Å². The van der Waals surface area contributed by atoms with Crippen LogP contribution in [-0.4, -0.2) is 10.1 Å². The van der Waals surface area contributed by atoms with Gasteiger partial charge in [-0.2, -0.15) is 4.98 Å². The van der Waals surface area contributed by atoms with Crippen LogP contribution in [-0.2, 0) is 6.54 Å². The average Bonchev–Trinajstić information content (AvgIpc) is 2.96. The Balaban J connectivity index is 1.89. The molecule has 4 nitrogen and oxygen atoms in total. The molecule has 2 N–H and O–H groups in total. The highest BCUT2D eigenvalue weighted by Crippen LogP contribution is 2.44. The largest absolute Gasteiger partial charge is 0.338 e. The van der Waals surface area contributed by atoms with Gasteiger partial charge in [-0.3, -0.25) is 0 Å². The molecule has 0 amide bonds. The maximum Gasteiger partial charge on any atom is 0.240 e. The lowest BCUT2D eigenvalue weighted by molar-refractivity contribution is 0.224. The summed E-state index contributed by atoms with van der Waals surface area (Å²) in [6.07, 6.45) is 5.00. The van der Waals surface area contributed by atoms with Gasteiger partial charge in [0, 0.05) is 5.56 Å². The summed E-state index contributed by atoms with van der Waals surface area (Å²) in [4.78, 5) is 4.38. The van der Waals surface area contributed by atoms with Gasteiger partial charge in [0.25, 0.3) is 0 Å². The van der Waals surface area contributed by atoms with Crippen LogP contribution in [0, 0.1) is 5.41 Å². The van der Waals surface area contributed by atoms with E-state index < -0.39 is 0 Å². The van der Waals surface area contributed by atoms with Gasteiger partial charge < -0.3 is 10.3 Å². The lowest BCUT2D eigenvalue weighted by Gasteiger charge is -2.35. The molecule has 0 bridgehead atoms. The summed E-state index contributed by atoms with van der Waals surface area (Å²) in [6.45, 7) is 5.01. The Bertz CT molecular complexity index is 608. The topological polar surface area (TPSA) is 64.9 Å². The molecule has 4 heteroatoms. The van der Waals surface area contributed by atoms with Crippen LogP contribution in [0.3, 0.4) is 0 Å². The van der Waals surface area contributed by atoms with Crippen molar-refractivity contribution in [2.24, 2.45) is 11.1 Å². The molecule has 0 spiro atoms. The summed E-state index contributed by atoms with van der Waals surface area (Å²) in [5.41, 5.74) is 8.47. The Morgan fingerprint density at radius 3 is 2.62 bits per heavy atom. The Hall–Kier alpha value is -1.68. The number of nitrogens with two attached hydrogens (primary N) is 1. The summed E-state index contributed by atoms with van der Waals surface area (Å²) in [5.74, 6) is 1.74. The van der Waals surface area contributed by atoms with E-state index in [4.69, 9.17) is 10.3 Å². The summed E-state index contributed by atoms with van der Waals surface area (Å²) in [7, 11) is 0. The summed E-state index contributed by atoms with van der Waals surface area (Å²) >= 11 is 0. The van der Waals surface area contributed by atoms with E-state index in [0.717, 1.165) is 5.56 Å². The molecule has 1 heterocycles. The second-order valence-corrected chi connectivity index (χ2v) is 6.74. The summed E-state index contributed by atoms with van der Waals surface area (Å²) < 4.78 is 5.16. The van der Waals surface area contributed by atoms with Gasteiger partial charge in [-0.15, -0.1) is 0 Å². The molecule has 0 aliphatic heterocycles. The predicted molar refractivity (Wildman–Crippen MR) is 82.6 cm³/mol. The molecule has 1 aromatic carbocycles. The number of nitrogens with zero attached hydrogens (tertiary/aromatic N) is 2. The van der Waals surface area contributed by atoms with E-state index in [1.807, 2.05) is 6.07 Å². The third-order valence-corrected chi connectivity index (χ3v) is 4.62. The first kappa shape index (κ1) is 14.3. The van der Waals surface area contributed by atoms with Gasteiger partial charge in [0.05, 0.1) is 6.54 Å². The summed E-state index contributed by atoms with van der Waals surface area (Å²) in [5, 5.41) is 4.08. The lowest BCUT2D eigenvalue weighted by atomic mass is 9.70. The lowest BCUT2D eigenvalue weighted by Crippen LogP contribution is -2.20. The first-order chi connectivity index (χ1) is 10.1. The minimum Gasteiger partial charge on any atom is -0.338 e. The highest BCUT2D eigenvalue weighted by Gasteiger charge is 2.29. The van der Waals surface area contributed by atoms with E-state index in [1.165, 1.54) is 31.2 Å². The molecule has 0 atom stereocenters. The molecule has 0 saturated heterocycles. The van der Waals surface area contributed by atoms with Crippen molar-refractivity contribution in [3.63, 3.8) is 0 Å². The Morgan fingerprint density at radius 2 is 1.95 bits per heavy atom. The Kier molecular flexibility index (Phi) is 3.81. The van der Waals surface area contributed by atoms with Crippen molar-refractivity contribution in [1.29, 1.82) is 0 Å². The predicted octanol–water partition coefficient (Wildman–Crippen LogP) is 3.88. The van der Waals surface area contributed by atoms with Gasteiger partial charge in [0.1, 0.15) is 0 Å². The molecule has 1 aliphatic rings. The van der Waals surface area contributed by atoms with E-state index >= 15 is 0 Å². The molecule has 1 saturated carbocycles. The van der Waals surface area contributed by atoms with Gasteiger partial charge in [-0.05, 0) is 42.6 Å². The second kappa shape index (κ2) is 5.60. The van der Waals surface area contributed by atoms with E-state index in [2.05, 4.69) is 42.2 Å². The minimum atomic E-state index is 0.285. The average molecular weight is 285 g/mol. The number of hydrogen-bond acceptors (Lipinski definition) is 4. The zero-order valence-electron chi connectivity index (χ0n) is 12.8. The van der Waals surface area contributed by atoms with Crippen molar-refractivity contribution in [2.75, 3.05) is 0 Å². The smallest absolute Gasteiger partial charge is 0.240 e. The summed E-state index contributed by atoms with van der Waals surface area (Å²) in [6, 6.07) is 8.42. The first-order valence-corrected chi connectivity index (χ1v) is 7.71. The van der Waals surface area contributed by atoms with Crippen molar-refractivity contribution < 1.29 is 4.52 Å². The number of rotatable bonds is 3. The van der Waals surface area contributed by atoms with Crippen LogP contribution >= 0.6 is 0 Å². The molecular formula is C17H23N3O. The van der Waals surface area contributed by atoms with Crippen molar-refractivity contribution in [3.8, 4) is 11.4 Å². The fourth-order valence-electron chi connectivity index (χ4n) is 3.21. The molecule has 1 fully saturated rings. The third-order valence-electron chi connectivity index (χ3n) is 4.62. The van der Waals surface area contributed by atoms with E-state index in [1.54, 1.807) is 0 Å². The molecule has 3 rings (SSSR count). The van der Waals surface area contributed by atoms with Crippen molar-refractivity contribution in [3.05, 3.63) is 35.7 Å². The molecule has 1 aromatic heterocycles. The Labute approximate surface area is 125 Å². The molecular weight excluding hydrogens is 262 g/mol. The fraction of sp³-hybridized carbons (Fsp3) is 0.529. The van der Waals surface area contributed by atoms with E-state index in [9.17, 15) is 0 Å². The molecule has 21 heavy (non-hydrogen) atoms. The Morgan fingerprint density at radius 1 is 1.24 bits per heavy atom. The zero-order chi connectivity index (χ0) is 14.9. The number of aromatic nitrogens is 2. The quantitative estimate of drug-likeness (QED) is 0.929. The van der Waals surface area contributed by atoms with Crippen LogP contribution in [0.25, 0.3) is 11.4 Å². The van der Waals surface area contributed by atoms with Crippen LogP contribution < -0.4 is 5.73 Å². The van der Waals surface area contributed by atoms with Crippen LogP contribution in [0.5, 0.6) is 0 Å². The van der Waals surface area contributed by atoms with Crippen LogP contribution in [0.4, 0.5) is 0 Å². The van der Waals surface area contributed by atoms with E-state index in [-0.39, 0.29) is 6.54 Å². The standard InChI is InChI=1S/C17H23N3O/c1-17(2)9-7-12(8-10-17)13-5-3-4-6-14(13)16-19-15(11-18)21-20-16/h3-6,12H,7-11,18H2,1-2H3. The maximum absolute atomic E-state index is 5.56. The fourth-order valence-corrected chi connectivity index (χ4v) is 3.21. The van der Waals surface area contributed by atoms with Crippen LogP contribution in [0.1, 0.15) is 56.9 Å². The van der Waals surface area contributed by atoms with Gasteiger partial charge >= 0.3 is 0 Å². The van der Waals surface area contributed by atoms with Gasteiger partial charge in [-0.1, -0.05) is 43.3 Å². The normalized spacial score (nSPS) is 18.8. The third kappa shape index (κ3) is 3.00. The maximum atomic E-state index is 5.56.